The minimum Gasteiger partial charge on any atom is -0.507 e. The van der Waals surface area contributed by atoms with Gasteiger partial charge in [-0.1, -0.05) is 67.3 Å². The number of hydrogen-bond donors (Lipinski definition) is 2. The highest BCUT2D eigenvalue weighted by Gasteiger charge is 2.35. The molecule has 0 radical (unpaired) electrons. The Bertz CT molecular complexity index is 1390. The zero-order valence-corrected chi connectivity index (χ0v) is 21.8. The van der Waals surface area contributed by atoms with E-state index in [0.717, 1.165) is 48.4 Å². The van der Waals surface area contributed by atoms with Gasteiger partial charge in [0.15, 0.2) is 0 Å². The number of amides is 1. The number of rotatable bonds is 7. The van der Waals surface area contributed by atoms with E-state index in [2.05, 4.69) is 10.5 Å². The van der Waals surface area contributed by atoms with Gasteiger partial charge in [0.05, 0.1) is 17.7 Å². The highest BCUT2D eigenvalue weighted by molar-refractivity contribution is 7.89. The third kappa shape index (κ3) is 5.44. The largest absolute Gasteiger partial charge is 0.507 e. The predicted molar refractivity (Wildman–Crippen MR) is 143 cm³/mol. The van der Waals surface area contributed by atoms with Gasteiger partial charge in [-0.2, -0.15) is 9.41 Å². The van der Waals surface area contributed by atoms with Crippen molar-refractivity contribution in [2.45, 2.75) is 63.8 Å². The Morgan fingerprint density at radius 2 is 1.72 bits per heavy atom. The van der Waals surface area contributed by atoms with Gasteiger partial charge >= 0.3 is 0 Å². The van der Waals surface area contributed by atoms with Crippen molar-refractivity contribution in [3.63, 3.8) is 0 Å². The van der Waals surface area contributed by atoms with Crippen LogP contribution in [-0.2, 0) is 14.8 Å². The molecule has 0 spiro atoms. The van der Waals surface area contributed by atoms with Crippen molar-refractivity contribution in [2.24, 2.45) is 5.10 Å². The third-order valence-electron chi connectivity index (χ3n) is 6.78. The van der Waals surface area contributed by atoms with Crippen LogP contribution in [0.1, 0.15) is 54.4 Å². The van der Waals surface area contributed by atoms with Gasteiger partial charge in [0.2, 0.25) is 10.0 Å². The number of nitrogens with one attached hydrogen (secondary N) is 1. The van der Waals surface area contributed by atoms with Gasteiger partial charge in [-0.15, -0.1) is 0 Å². The van der Waals surface area contributed by atoms with Crippen molar-refractivity contribution in [1.29, 1.82) is 0 Å². The second-order valence-corrected chi connectivity index (χ2v) is 11.4. The van der Waals surface area contributed by atoms with Crippen LogP contribution in [0.2, 0.25) is 0 Å². The summed E-state index contributed by atoms with van der Waals surface area (Å²) in [6.45, 7) is 5.22. The van der Waals surface area contributed by atoms with Crippen molar-refractivity contribution in [1.82, 2.24) is 9.73 Å². The van der Waals surface area contributed by atoms with Crippen LogP contribution in [0, 0.1) is 20.8 Å². The predicted octanol–water partition coefficient (Wildman–Crippen LogP) is 4.94. The number of aryl methyl sites for hydroxylation is 3. The van der Waals surface area contributed by atoms with Crippen molar-refractivity contribution in [3.8, 4) is 5.75 Å². The Balaban J connectivity index is 1.59. The molecular formula is C28H33N3O4S. The van der Waals surface area contributed by atoms with Crippen molar-refractivity contribution >= 4 is 32.9 Å². The van der Waals surface area contributed by atoms with Gasteiger partial charge in [-0.05, 0) is 61.6 Å². The van der Waals surface area contributed by atoms with Crippen molar-refractivity contribution in [3.05, 3.63) is 70.8 Å². The van der Waals surface area contributed by atoms with Crippen LogP contribution in [0.4, 0.5) is 0 Å². The molecule has 0 bridgehead atoms. The van der Waals surface area contributed by atoms with Crippen LogP contribution in [0.3, 0.4) is 0 Å². The summed E-state index contributed by atoms with van der Waals surface area (Å²) < 4.78 is 29.1. The average molecular weight is 508 g/mol. The van der Waals surface area contributed by atoms with Crippen LogP contribution in [-0.4, -0.2) is 42.5 Å². The summed E-state index contributed by atoms with van der Waals surface area (Å²) in [6.07, 6.45) is 5.78. The van der Waals surface area contributed by atoms with E-state index in [-0.39, 0.29) is 23.2 Å². The lowest BCUT2D eigenvalue weighted by Crippen LogP contribution is -2.46. The van der Waals surface area contributed by atoms with Gasteiger partial charge in [-0.25, -0.2) is 13.8 Å². The highest BCUT2D eigenvalue weighted by atomic mass is 32.2. The quantitative estimate of drug-likeness (QED) is 0.349. The topological polar surface area (TPSA) is 99.1 Å². The number of hydrazone groups is 1. The smallest absolute Gasteiger partial charge is 0.255 e. The number of nitrogens with zero attached hydrogens (tertiary/aromatic N) is 2. The maximum atomic E-state index is 13.9. The van der Waals surface area contributed by atoms with E-state index in [1.165, 1.54) is 10.5 Å². The minimum absolute atomic E-state index is 0.0448. The first-order valence-corrected chi connectivity index (χ1v) is 13.7. The van der Waals surface area contributed by atoms with Crippen molar-refractivity contribution in [2.75, 3.05) is 6.54 Å². The van der Waals surface area contributed by atoms with Crippen LogP contribution < -0.4 is 5.43 Å². The van der Waals surface area contributed by atoms with Crippen molar-refractivity contribution < 1.29 is 18.3 Å². The summed E-state index contributed by atoms with van der Waals surface area (Å²) in [5.74, 6) is -0.481. The Morgan fingerprint density at radius 1 is 1.06 bits per heavy atom. The Kier molecular flexibility index (Phi) is 7.76. The average Bonchev–Trinajstić information content (AvgIpc) is 2.83. The molecule has 0 aliphatic heterocycles. The molecule has 1 aliphatic carbocycles. The second-order valence-electron chi connectivity index (χ2n) is 9.58. The number of hydrogen-bond acceptors (Lipinski definition) is 5. The zero-order chi connectivity index (χ0) is 25.9. The minimum atomic E-state index is -3.91. The number of phenolic OH excluding ortho intramolecular Hbond substituents is 1. The monoisotopic (exact) mass is 507 g/mol. The first kappa shape index (κ1) is 25.9. The van der Waals surface area contributed by atoms with E-state index < -0.39 is 15.9 Å². The van der Waals surface area contributed by atoms with Gasteiger partial charge in [0.1, 0.15) is 5.75 Å². The van der Waals surface area contributed by atoms with E-state index in [0.29, 0.717) is 16.7 Å². The molecule has 2 N–H and O–H groups in total. The lowest BCUT2D eigenvalue weighted by atomic mass is 9.95. The number of phenols is 1. The fraction of sp³-hybridized carbons (Fsp3) is 0.357. The van der Waals surface area contributed by atoms with E-state index in [1.807, 2.05) is 49.4 Å². The van der Waals surface area contributed by atoms with Gasteiger partial charge < -0.3 is 5.11 Å². The molecule has 1 aliphatic rings. The van der Waals surface area contributed by atoms with E-state index >= 15 is 0 Å². The summed E-state index contributed by atoms with van der Waals surface area (Å²) >= 11 is 0. The van der Waals surface area contributed by atoms with E-state index in [1.54, 1.807) is 19.9 Å². The number of aromatic hydroxyl groups is 1. The molecule has 0 saturated heterocycles. The number of benzene rings is 3. The molecular weight excluding hydrogens is 474 g/mol. The lowest BCUT2D eigenvalue weighted by Gasteiger charge is -2.33. The molecule has 4 rings (SSSR count). The molecule has 1 saturated carbocycles. The molecule has 3 aromatic carbocycles. The SMILES string of the molecule is Cc1cc(C)c(S(=O)(=O)N(CC(=O)N/N=C/c2c(O)ccc3ccccc23)C2CCCCC2)c(C)c1. The molecule has 1 fully saturated rings. The number of sulfonamides is 1. The molecule has 7 nitrogen and oxygen atoms in total. The Labute approximate surface area is 212 Å². The van der Waals surface area contributed by atoms with Gasteiger partial charge in [-0.3, -0.25) is 4.79 Å². The van der Waals surface area contributed by atoms with Crippen LogP contribution in [0.25, 0.3) is 10.8 Å². The second kappa shape index (κ2) is 10.8. The van der Waals surface area contributed by atoms with E-state index in [9.17, 15) is 18.3 Å². The number of fused-ring (bicyclic) bond motifs is 1. The van der Waals surface area contributed by atoms with E-state index in [4.69, 9.17) is 0 Å². The number of carbonyl (C=O) groups is 1. The third-order valence-corrected chi connectivity index (χ3v) is 8.99. The first-order valence-electron chi connectivity index (χ1n) is 12.3. The summed E-state index contributed by atoms with van der Waals surface area (Å²) in [5.41, 5.74) is 5.31. The summed E-state index contributed by atoms with van der Waals surface area (Å²) in [5, 5.41) is 16.1. The molecule has 8 heteroatoms. The molecule has 190 valence electrons. The normalized spacial score (nSPS) is 15.1. The van der Waals surface area contributed by atoms with Crippen LogP contribution in [0.5, 0.6) is 5.75 Å². The number of carbonyl (C=O) groups excluding carboxylic acids is 1. The maximum absolute atomic E-state index is 13.9. The zero-order valence-electron chi connectivity index (χ0n) is 21.0. The summed E-state index contributed by atoms with van der Waals surface area (Å²) in [6, 6.07) is 14.4. The lowest BCUT2D eigenvalue weighted by molar-refractivity contribution is -0.121. The fourth-order valence-electron chi connectivity index (χ4n) is 5.24. The standard InChI is InChI=1S/C28H33N3O4S/c1-19-15-20(2)28(21(3)16-19)36(34,35)31(23-10-5-4-6-11-23)18-27(33)30-29-17-25-24-12-8-7-9-22(24)13-14-26(25)32/h7-9,12-17,23,32H,4-6,10-11,18H2,1-3H3,(H,30,33)/b29-17+. The molecule has 0 atom stereocenters. The summed E-state index contributed by atoms with van der Waals surface area (Å²) in [4.78, 5) is 13.2. The fourth-order valence-corrected chi connectivity index (χ4v) is 7.29. The Hall–Kier alpha value is -3.23. The summed E-state index contributed by atoms with van der Waals surface area (Å²) in [7, 11) is -3.91. The molecule has 3 aromatic rings. The highest BCUT2D eigenvalue weighted by Crippen LogP contribution is 2.31. The molecule has 36 heavy (non-hydrogen) atoms. The first-order chi connectivity index (χ1) is 17.2. The molecule has 0 heterocycles. The van der Waals surface area contributed by atoms with Gasteiger partial charge in [0, 0.05) is 11.6 Å². The molecule has 0 unspecified atom stereocenters. The Morgan fingerprint density at radius 3 is 2.42 bits per heavy atom. The van der Waals surface area contributed by atoms with Crippen LogP contribution >= 0.6 is 0 Å². The molecule has 1 amide bonds. The maximum Gasteiger partial charge on any atom is 0.255 e. The van der Waals surface area contributed by atoms with Crippen LogP contribution in [0.15, 0.2) is 58.5 Å². The molecule has 0 aromatic heterocycles. The van der Waals surface area contributed by atoms with Gasteiger partial charge in [0.25, 0.3) is 5.91 Å².